The maximum atomic E-state index is 11.5. The van der Waals surface area contributed by atoms with Crippen molar-refractivity contribution in [2.24, 2.45) is 0 Å². The summed E-state index contributed by atoms with van der Waals surface area (Å²) in [5.41, 5.74) is 0.862. The smallest absolute Gasteiger partial charge is 0.331 e. The van der Waals surface area contributed by atoms with Crippen molar-refractivity contribution >= 4 is 12.0 Å². The van der Waals surface area contributed by atoms with Crippen molar-refractivity contribution in [2.75, 3.05) is 13.7 Å². The van der Waals surface area contributed by atoms with Gasteiger partial charge in [0.05, 0.1) is 19.8 Å². The van der Waals surface area contributed by atoms with Gasteiger partial charge in [-0.25, -0.2) is 4.79 Å². The molecule has 0 N–H and O–H groups in total. The highest BCUT2D eigenvalue weighted by molar-refractivity contribution is 5.87. The Morgan fingerprint density at radius 3 is 2.61 bits per heavy atom. The van der Waals surface area contributed by atoms with Crippen molar-refractivity contribution in [1.29, 1.82) is 0 Å². The highest BCUT2D eigenvalue weighted by Gasteiger charge is 2.05. The molecule has 0 aliphatic rings. The van der Waals surface area contributed by atoms with Crippen LogP contribution in [-0.4, -0.2) is 25.8 Å². The monoisotopic (exact) mass is 320 g/mol. The molecule has 23 heavy (non-hydrogen) atoms. The average molecular weight is 320 g/mol. The van der Waals surface area contributed by atoms with Crippen molar-refractivity contribution in [2.45, 2.75) is 52.6 Å². The Bertz CT molecular complexity index is 506. The second kappa shape index (κ2) is 10.7. The Morgan fingerprint density at radius 2 is 1.96 bits per heavy atom. The van der Waals surface area contributed by atoms with Crippen LogP contribution in [0.25, 0.3) is 6.08 Å². The predicted octanol–water partition coefficient (Wildman–Crippen LogP) is 4.62. The zero-order chi connectivity index (χ0) is 17.1. The van der Waals surface area contributed by atoms with E-state index in [1.807, 2.05) is 32.0 Å². The Hall–Kier alpha value is -1.97. The molecule has 1 aromatic rings. The Labute approximate surface area is 139 Å². The number of benzene rings is 1. The largest absolute Gasteiger partial charge is 0.493 e. The number of unbranched alkanes of at least 4 members (excludes halogenated alkanes) is 3. The number of ether oxygens (including phenoxy) is 3. The molecule has 0 aromatic heterocycles. The minimum absolute atomic E-state index is 0.120. The van der Waals surface area contributed by atoms with Gasteiger partial charge >= 0.3 is 5.97 Å². The van der Waals surface area contributed by atoms with Crippen LogP contribution in [-0.2, 0) is 9.53 Å². The summed E-state index contributed by atoms with van der Waals surface area (Å²) in [7, 11) is 1.61. The van der Waals surface area contributed by atoms with Crippen molar-refractivity contribution in [3.05, 3.63) is 29.8 Å². The van der Waals surface area contributed by atoms with Crippen LogP contribution in [0.4, 0.5) is 0 Å². The third-order valence-corrected chi connectivity index (χ3v) is 3.21. The van der Waals surface area contributed by atoms with E-state index in [0.717, 1.165) is 17.7 Å². The van der Waals surface area contributed by atoms with E-state index in [1.165, 1.54) is 25.3 Å². The van der Waals surface area contributed by atoms with Gasteiger partial charge in [0.2, 0.25) is 0 Å². The first-order valence-electron chi connectivity index (χ1n) is 8.26. The van der Waals surface area contributed by atoms with Gasteiger partial charge in [0.25, 0.3) is 0 Å². The molecule has 4 nitrogen and oxygen atoms in total. The Kier molecular flexibility index (Phi) is 8.88. The third kappa shape index (κ3) is 7.73. The minimum Gasteiger partial charge on any atom is -0.493 e. The highest BCUT2D eigenvalue weighted by Crippen LogP contribution is 2.28. The van der Waals surface area contributed by atoms with Gasteiger partial charge < -0.3 is 14.2 Å². The normalized spacial score (nSPS) is 11.0. The molecule has 128 valence electrons. The van der Waals surface area contributed by atoms with Gasteiger partial charge in [-0.05, 0) is 44.0 Å². The molecule has 4 heteroatoms. The van der Waals surface area contributed by atoms with E-state index in [-0.39, 0.29) is 12.1 Å². The molecule has 0 bridgehead atoms. The molecule has 0 spiro atoms. The van der Waals surface area contributed by atoms with Gasteiger partial charge in [-0.1, -0.05) is 32.3 Å². The second-order valence-electron chi connectivity index (χ2n) is 5.64. The summed E-state index contributed by atoms with van der Waals surface area (Å²) < 4.78 is 16.2. The lowest BCUT2D eigenvalue weighted by Crippen LogP contribution is -2.08. The Balaban J connectivity index is 2.61. The molecular weight excluding hydrogens is 292 g/mol. The van der Waals surface area contributed by atoms with E-state index >= 15 is 0 Å². The summed E-state index contributed by atoms with van der Waals surface area (Å²) in [5, 5.41) is 0. The van der Waals surface area contributed by atoms with E-state index < -0.39 is 0 Å². The quantitative estimate of drug-likeness (QED) is 0.358. The summed E-state index contributed by atoms with van der Waals surface area (Å²) in [6.45, 7) is 6.52. The zero-order valence-corrected chi connectivity index (χ0v) is 14.6. The first-order valence-corrected chi connectivity index (χ1v) is 8.26. The van der Waals surface area contributed by atoms with Gasteiger partial charge in [-0.15, -0.1) is 0 Å². The van der Waals surface area contributed by atoms with Gasteiger partial charge in [0.1, 0.15) is 0 Å². The van der Waals surface area contributed by atoms with Crippen LogP contribution in [0.5, 0.6) is 11.5 Å². The molecule has 0 fully saturated rings. The fourth-order valence-corrected chi connectivity index (χ4v) is 2.05. The zero-order valence-electron chi connectivity index (χ0n) is 14.6. The first-order chi connectivity index (χ1) is 11.1. The molecule has 0 aliphatic carbocycles. The van der Waals surface area contributed by atoms with Crippen molar-refractivity contribution in [3.63, 3.8) is 0 Å². The minimum atomic E-state index is -0.352. The van der Waals surface area contributed by atoms with E-state index in [2.05, 4.69) is 6.92 Å². The molecule has 0 saturated carbocycles. The molecule has 0 radical (unpaired) electrons. The number of hydrogen-bond donors (Lipinski definition) is 0. The topological polar surface area (TPSA) is 44.8 Å². The summed E-state index contributed by atoms with van der Waals surface area (Å²) in [6.07, 6.45) is 7.67. The van der Waals surface area contributed by atoms with Crippen LogP contribution in [0.2, 0.25) is 0 Å². The number of carbonyl (C=O) groups is 1. The van der Waals surface area contributed by atoms with Crippen molar-refractivity contribution in [3.8, 4) is 11.5 Å². The molecule has 1 aromatic carbocycles. The molecule has 0 amide bonds. The molecule has 0 atom stereocenters. The maximum absolute atomic E-state index is 11.5. The summed E-state index contributed by atoms with van der Waals surface area (Å²) in [5.74, 6) is 1.04. The molecular formula is C19H28O4. The molecule has 1 rings (SSSR count). The SMILES string of the molecule is CCCCCCOc1ccc(/C=C/C(=O)OC(C)C)cc1OC. The molecule has 0 aliphatic heterocycles. The highest BCUT2D eigenvalue weighted by atomic mass is 16.5. The fourth-order valence-electron chi connectivity index (χ4n) is 2.05. The lowest BCUT2D eigenvalue weighted by atomic mass is 10.2. The van der Waals surface area contributed by atoms with Gasteiger partial charge in [0.15, 0.2) is 11.5 Å². The van der Waals surface area contributed by atoms with E-state index in [9.17, 15) is 4.79 Å². The van der Waals surface area contributed by atoms with Crippen LogP contribution < -0.4 is 9.47 Å². The Morgan fingerprint density at radius 1 is 1.17 bits per heavy atom. The van der Waals surface area contributed by atoms with Crippen LogP contribution in [0.15, 0.2) is 24.3 Å². The number of carbonyl (C=O) groups excluding carboxylic acids is 1. The first kappa shape index (κ1) is 19.1. The molecule has 0 unspecified atom stereocenters. The van der Waals surface area contributed by atoms with Gasteiger partial charge in [-0.2, -0.15) is 0 Å². The molecule has 0 saturated heterocycles. The lowest BCUT2D eigenvalue weighted by Gasteiger charge is -2.11. The summed E-state index contributed by atoms with van der Waals surface area (Å²) in [4.78, 5) is 11.5. The molecule has 0 heterocycles. The van der Waals surface area contributed by atoms with Gasteiger partial charge in [-0.3, -0.25) is 0 Å². The number of esters is 1. The van der Waals surface area contributed by atoms with Crippen LogP contribution in [0.1, 0.15) is 52.0 Å². The third-order valence-electron chi connectivity index (χ3n) is 3.21. The number of rotatable bonds is 10. The summed E-state index contributed by atoms with van der Waals surface area (Å²) >= 11 is 0. The summed E-state index contributed by atoms with van der Waals surface area (Å²) in [6, 6.07) is 5.61. The van der Waals surface area contributed by atoms with Crippen LogP contribution in [0, 0.1) is 0 Å². The standard InChI is InChI=1S/C19H28O4/c1-5-6-7-8-13-22-17-11-9-16(14-18(17)21-4)10-12-19(20)23-15(2)3/h9-12,14-15H,5-8,13H2,1-4H3/b12-10+. The average Bonchev–Trinajstić information content (AvgIpc) is 2.52. The van der Waals surface area contributed by atoms with Gasteiger partial charge in [0, 0.05) is 6.08 Å². The van der Waals surface area contributed by atoms with Crippen LogP contribution in [0.3, 0.4) is 0 Å². The lowest BCUT2D eigenvalue weighted by molar-refractivity contribution is -0.141. The maximum Gasteiger partial charge on any atom is 0.331 e. The number of hydrogen-bond acceptors (Lipinski definition) is 4. The van der Waals surface area contributed by atoms with E-state index in [0.29, 0.717) is 12.4 Å². The van der Waals surface area contributed by atoms with E-state index in [1.54, 1.807) is 13.2 Å². The van der Waals surface area contributed by atoms with Crippen molar-refractivity contribution < 1.29 is 19.0 Å². The van der Waals surface area contributed by atoms with Crippen molar-refractivity contribution in [1.82, 2.24) is 0 Å². The van der Waals surface area contributed by atoms with Crippen LogP contribution >= 0.6 is 0 Å². The predicted molar refractivity (Wildman–Crippen MR) is 92.9 cm³/mol. The van der Waals surface area contributed by atoms with E-state index in [4.69, 9.17) is 14.2 Å². The second-order valence-corrected chi connectivity index (χ2v) is 5.64. The number of methoxy groups -OCH3 is 1. The fraction of sp³-hybridized carbons (Fsp3) is 0.526.